The fourth-order valence-corrected chi connectivity index (χ4v) is 2.82. The molecule has 1 heterocycles. The van der Waals surface area contributed by atoms with Crippen LogP contribution >= 0.6 is 11.6 Å². The van der Waals surface area contributed by atoms with Crippen LogP contribution in [0.3, 0.4) is 0 Å². The molecule has 2 fully saturated rings. The van der Waals surface area contributed by atoms with Gasteiger partial charge in [0, 0.05) is 37.8 Å². The van der Waals surface area contributed by atoms with Crippen molar-refractivity contribution >= 4 is 23.4 Å². The molecular formula is C16H20ClN3O3. The van der Waals surface area contributed by atoms with Crippen LogP contribution < -0.4 is 5.32 Å². The molecule has 0 bridgehead atoms. The zero-order chi connectivity index (χ0) is 16.4. The van der Waals surface area contributed by atoms with E-state index in [1.165, 1.54) is 12.1 Å². The molecule has 1 saturated carbocycles. The molecule has 2 N–H and O–H groups in total. The average Bonchev–Trinajstić information content (AvgIpc) is 3.34. The van der Waals surface area contributed by atoms with Crippen molar-refractivity contribution < 1.29 is 14.7 Å². The van der Waals surface area contributed by atoms with Crippen LogP contribution in [0, 0.1) is 0 Å². The van der Waals surface area contributed by atoms with Gasteiger partial charge in [0.05, 0.1) is 11.6 Å². The quantitative estimate of drug-likeness (QED) is 0.862. The summed E-state index contributed by atoms with van der Waals surface area (Å²) < 4.78 is 0. The Bertz CT molecular complexity index is 611. The van der Waals surface area contributed by atoms with Crippen LogP contribution in [0.2, 0.25) is 5.02 Å². The summed E-state index contributed by atoms with van der Waals surface area (Å²) in [4.78, 5) is 28.0. The minimum atomic E-state index is -0.103. The van der Waals surface area contributed by atoms with Crippen LogP contribution in [0.25, 0.3) is 0 Å². The highest BCUT2D eigenvalue weighted by molar-refractivity contribution is 6.32. The number of amides is 2. The normalized spacial score (nSPS) is 18.7. The van der Waals surface area contributed by atoms with Gasteiger partial charge >= 0.3 is 0 Å². The predicted molar refractivity (Wildman–Crippen MR) is 86.6 cm³/mol. The number of carbonyl (C=O) groups excluding carboxylic acids is 2. The minimum Gasteiger partial charge on any atom is -0.506 e. The molecule has 1 aliphatic heterocycles. The van der Waals surface area contributed by atoms with E-state index in [1.54, 1.807) is 11.0 Å². The number of piperazine rings is 1. The molecule has 0 unspecified atom stereocenters. The van der Waals surface area contributed by atoms with Gasteiger partial charge in [-0.2, -0.15) is 0 Å². The molecule has 0 spiro atoms. The number of nitrogens with one attached hydrogen (secondary N) is 1. The number of aromatic hydroxyl groups is 1. The zero-order valence-electron chi connectivity index (χ0n) is 12.8. The summed E-state index contributed by atoms with van der Waals surface area (Å²) >= 11 is 5.85. The van der Waals surface area contributed by atoms with Crippen molar-refractivity contribution in [1.82, 2.24) is 15.1 Å². The number of phenols is 1. The van der Waals surface area contributed by atoms with Crippen molar-refractivity contribution in [2.45, 2.75) is 18.9 Å². The van der Waals surface area contributed by atoms with Crippen molar-refractivity contribution in [1.29, 1.82) is 0 Å². The fraction of sp³-hybridized carbons (Fsp3) is 0.500. The van der Waals surface area contributed by atoms with Crippen molar-refractivity contribution in [3.05, 3.63) is 28.8 Å². The minimum absolute atomic E-state index is 0.0327. The second-order valence-electron chi connectivity index (χ2n) is 6.08. The summed E-state index contributed by atoms with van der Waals surface area (Å²) in [5.74, 6) is -0.0683. The summed E-state index contributed by atoms with van der Waals surface area (Å²) in [5.41, 5.74) is 0.465. The molecule has 1 aromatic rings. The van der Waals surface area contributed by atoms with E-state index in [4.69, 9.17) is 11.6 Å². The van der Waals surface area contributed by atoms with E-state index in [1.807, 2.05) is 0 Å². The fourth-order valence-electron chi connectivity index (χ4n) is 2.64. The van der Waals surface area contributed by atoms with Crippen molar-refractivity contribution in [2.24, 2.45) is 0 Å². The van der Waals surface area contributed by atoms with Crippen LogP contribution in [-0.4, -0.2) is 65.5 Å². The first kappa shape index (κ1) is 16.1. The van der Waals surface area contributed by atoms with E-state index in [9.17, 15) is 14.7 Å². The van der Waals surface area contributed by atoms with Gasteiger partial charge in [-0.15, -0.1) is 0 Å². The molecule has 7 heteroatoms. The lowest BCUT2D eigenvalue weighted by Crippen LogP contribution is -2.51. The second kappa shape index (κ2) is 6.76. The first-order valence-electron chi connectivity index (χ1n) is 7.82. The highest BCUT2D eigenvalue weighted by atomic mass is 35.5. The van der Waals surface area contributed by atoms with Gasteiger partial charge in [0.1, 0.15) is 5.75 Å². The van der Waals surface area contributed by atoms with Crippen molar-refractivity contribution in [2.75, 3.05) is 32.7 Å². The first-order valence-corrected chi connectivity index (χ1v) is 8.20. The zero-order valence-corrected chi connectivity index (χ0v) is 13.6. The third-order valence-corrected chi connectivity index (χ3v) is 4.47. The number of carbonyl (C=O) groups is 2. The van der Waals surface area contributed by atoms with E-state index >= 15 is 0 Å². The molecule has 0 atom stereocenters. The summed E-state index contributed by atoms with van der Waals surface area (Å²) in [6, 6.07) is 4.85. The summed E-state index contributed by atoms with van der Waals surface area (Å²) in [5, 5.41) is 12.6. The molecular weight excluding hydrogens is 318 g/mol. The van der Waals surface area contributed by atoms with Crippen LogP contribution in [0.15, 0.2) is 18.2 Å². The Kier molecular flexibility index (Phi) is 4.73. The second-order valence-corrected chi connectivity index (χ2v) is 6.48. The van der Waals surface area contributed by atoms with Gasteiger partial charge in [0.25, 0.3) is 5.91 Å². The van der Waals surface area contributed by atoms with E-state index in [-0.39, 0.29) is 22.6 Å². The number of nitrogens with zero attached hydrogens (tertiary/aromatic N) is 2. The first-order chi connectivity index (χ1) is 11.0. The third-order valence-electron chi connectivity index (χ3n) is 4.16. The molecule has 2 amide bonds. The van der Waals surface area contributed by atoms with Gasteiger partial charge in [-0.25, -0.2) is 0 Å². The van der Waals surface area contributed by atoms with Crippen LogP contribution in [0.1, 0.15) is 23.2 Å². The lowest BCUT2D eigenvalue weighted by Gasteiger charge is -2.34. The molecule has 1 saturated heterocycles. The van der Waals surface area contributed by atoms with Crippen LogP contribution in [0.5, 0.6) is 5.75 Å². The number of rotatable bonds is 4. The number of halogens is 1. The smallest absolute Gasteiger partial charge is 0.253 e. The standard InChI is InChI=1S/C16H20ClN3O3/c17-13-9-11(1-4-14(13)21)16(23)20-7-5-19(6-8-20)10-15(22)18-12-2-3-12/h1,4,9,12,21H,2-3,5-8,10H2,(H,18,22). The van der Waals surface area contributed by atoms with Crippen molar-refractivity contribution in [3.8, 4) is 5.75 Å². The van der Waals surface area contributed by atoms with Gasteiger partial charge in [0.2, 0.25) is 5.91 Å². The third kappa shape index (κ3) is 4.14. The van der Waals surface area contributed by atoms with Gasteiger partial charge in [-0.05, 0) is 31.0 Å². The SMILES string of the molecule is O=C(CN1CCN(C(=O)c2ccc(O)c(Cl)c2)CC1)NC1CC1. The summed E-state index contributed by atoms with van der Waals surface area (Å²) in [6.45, 7) is 2.90. The molecule has 124 valence electrons. The molecule has 1 aromatic carbocycles. The van der Waals surface area contributed by atoms with Gasteiger partial charge in [0.15, 0.2) is 0 Å². The molecule has 23 heavy (non-hydrogen) atoms. The average molecular weight is 338 g/mol. The molecule has 1 aliphatic carbocycles. The molecule has 0 aromatic heterocycles. The van der Waals surface area contributed by atoms with E-state index in [0.717, 1.165) is 12.8 Å². The lowest BCUT2D eigenvalue weighted by molar-refractivity contribution is -0.122. The van der Waals surface area contributed by atoms with Gasteiger partial charge in [-0.1, -0.05) is 11.6 Å². The molecule has 0 radical (unpaired) electrons. The maximum absolute atomic E-state index is 12.4. The predicted octanol–water partition coefficient (Wildman–Crippen LogP) is 1.08. The summed E-state index contributed by atoms with van der Waals surface area (Å²) in [6.07, 6.45) is 2.17. The topological polar surface area (TPSA) is 72.9 Å². The van der Waals surface area contributed by atoms with Gasteiger partial charge < -0.3 is 15.3 Å². The number of hydrogen-bond acceptors (Lipinski definition) is 4. The van der Waals surface area contributed by atoms with E-state index in [0.29, 0.717) is 44.3 Å². The van der Waals surface area contributed by atoms with Crippen molar-refractivity contribution in [3.63, 3.8) is 0 Å². The summed E-state index contributed by atoms with van der Waals surface area (Å²) in [7, 11) is 0. The Hall–Kier alpha value is -1.79. The Labute approximate surface area is 140 Å². The van der Waals surface area contributed by atoms with Crippen LogP contribution in [0.4, 0.5) is 0 Å². The molecule has 3 rings (SSSR count). The molecule has 6 nitrogen and oxygen atoms in total. The maximum Gasteiger partial charge on any atom is 0.253 e. The molecule has 2 aliphatic rings. The highest BCUT2D eigenvalue weighted by Crippen LogP contribution is 2.24. The van der Waals surface area contributed by atoms with Crippen LogP contribution in [-0.2, 0) is 4.79 Å². The van der Waals surface area contributed by atoms with E-state index < -0.39 is 0 Å². The van der Waals surface area contributed by atoms with Gasteiger partial charge in [-0.3, -0.25) is 14.5 Å². The maximum atomic E-state index is 12.4. The van der Waals surface area contributed by atoms with E-state index in [2.05, 4.69) is 10.2 Å². The Morgan fingerprint density at radius 1 is 1.22 bits per heavy atom. The number of hydrogen-bond donors (Lipinski definition) is 2. The largest absolute Gasteiger partial charge is 0.506 e. The highest BCUT2D eigenvalue weighted by Gasteiger charge is 2.26. The lowest BCUT2D eigenvalue weighted by atomic mass is 10.1. The number of benzene rings is 1. The Morgan fingerprint density at radius 2 is 1.91 bits per heavy atom. The monoisotopic (exact) mass is 337 g/mol. The number of phenolic OH excluding ortho intramolecular Hbond substituents is 1. The Morgan fingerprint density at radius 3 is 2.52 bits per heavy atom. The Balaban J connectivity index is 1.50.